The number of nitrogens with one attached hydrogen (secondary N) is 1. The zero-order valence-electron chi connectivity index (χ0n) is 15.7. The van der Waals surface area contributed by atoms with Crippen molar-refractivity contribution in [2.24, 2.45) is 0 Å². The third-order valence-electron chi connectivity index (χ3n) is 4.09. The van der Waals surface area contributed by atoms with Crippen molar-refractivity contribution in [3.05, 3.63) is 53.0 Å². The maximum atomic E-state index is 12.2. The molecule has 0 aliphatic heterocycles. The molecule has 0 atom stereocenters. The van der Waals surface area contributed by atoms with E-state index in [1.165, 1.54) is 4.70 Å². The molecule has 0 saturated carbocycles. The standard InChI is InChI=1S/C20H23N3O3S/c1-23(13-20-22-15-6-4-5-7-18(15)27-20)12-19(24)21-11-14-8-9-16(25-2)17(10-14)26-3/h4-10H,11-13H2,1-3H3,(H,21,24). The monoisotopic (exact) mass is 385 g/mol. The first-order valence-electron chi connectivity index (χ1n) is 8.59. The SMILES string of the molecule is COc1ccc(CNC(=O)CN(C)Cc2nc3ccccc3s2)cc1OC. The number of amides is 1. The van der Waals surface area contributed by atoms with Crippen LogP contribution in [0.15, 0.2) is 42.5 Å². The lowest BCUT2D eigenvalue weighted by Crippen LogP contribution is -2.34. The van der Waals surface area contributed by atoms with Gasteiger partial charge in [0.05, 0.1) is 37.5 Å². The Morgan fingerprint density at radius 1 is 1.15 bits per heavy atom. The molecule has 0 aliphatic carbocycles. The van der Waals surface area contributed by atoms with Gasteiger partial charge in [0, 0.05) is 6.54 Å². The molecule has 1 aromatic heterocycles. The molecule has 2 aromatic carbocycles. The summed E-state index contributed by atoms with van der Waals surface area (Å²) in [6, 6.07) is 13.7. The van der Waals surface area contributed by atoms with Crippen LogP contribution in [-0.4, -0.2) is 43.6 Å². The molecule has 27 heavy (non-hydrogen) atoms. The third-order valence-corrected chi connectivity index (χ3v) is 5.12. The van der Waals surface area contributed by atoms with Gasteiger partial charge in [-0.05, 0) is 36.9 Å². The normalized spacial score (nSPS) is 11.0. The Labute approximate surface area is 162 Å². The Balaban J connectivity index is 1.51. The van der Waals surface area contributed by atoms with Gasteiger partial charge in [0.2, 0.25) is 5.91 Å². The van der Waals surface area contributed by atoms with E-state index in [9.17, 15) is 4.79 Å². The molecule has 0 spiro atoms. The lowest BCUT2D eigenvalue weighted by molar-refractivity contribution is -0.122. The van der Waals surface area contributed by atoms with E-state index in [4.69, 9.17) is 9.47 Å². The van der Waals surface area contributed by atoms with Gasteiger partial charge in [-0.1, -0.05) is 18.2 Å². The van der Waals surface area contributed by atoms with Gasteiger partial charge in [-0.3, -0.25) is 9.69 Å². The van der Waals surface area contributed by atoms with E-state index in [0.717, 1.165) is 16.1 Å². The van der Waals surface area contributed by atoms with Gasteiger partial charge in [-0.25, -0.2) is 4.98 Å². The van der Waals surface area contributed by atoms with Crippen molar-refractivity contribution in [1.29, 1.82) is 0 Å². The zero-order chi connectivity index (χ0) is 19.2. The van der Waals surface area contributed by atoms with E-state index < -0.39 is 0 Å². The number of hydrogen-bond acceptors (Lipinski definition) is 6. The molecule has 1 N–H and O–H groups in total. The van der Waals surface area contributed by atoms with Gasteiger partial charge in [0.15, 0.2) is 11.5 Å². The highest BCUT2D eigenvalue weighted by Crippen LogP contribution is 2.27. The van der Waals surface area contributed by atoms with Crippen molar-refractivity contribution < 1.29 is 14.3 Å². The zero-order valence-corrected chi connectivity index (χ0v) is 16.5. The summed E-state index contributed by atoms with van der Waals surface area (Å²) in [5.74, 6) is 1.29. The van der Waals surface area contributed by atoms with Crippen LogP contribution < -0.4 is 14.8 Å². The van der Waals surface area contributed by atoms with Gasteiger partial charge >= 0.3 is 0 Å². The van der Waals surface area contributed by atoms with Crippen molar-refractivity contribution in [2.45, 2.75) is 13.1 Å². The number of para-hydroxylation sites is 1. The minimum absolute atomic E-state index is 0.0339. The first-order chi connectivity index (χ1) is 13.1. The highest BCUT2D eigenvalue weighted by Gasteiger charge is 2.11. The van der Waals surface area contributed by atoms with Crippen LogP contribution in [0.4, 0.5) is 0 Å². The van der Waals surface area contributed by atoms with E-state index in [0.29, 0.717) is 31.1 Å². The summed E-state index contributed by atoms with van der Waals surface area (Å²) in [6.07, 6.45) is 0. The number of nitrogens with zero attached hydrogens (tertiary/aromatic N) is 2. The summed E-state index contributed by atoms with van der Waals surface area (Å²) in [5, 5.41) is 3.94. The molecule has 1 amide bonds. The van der Waals surface area contributed by atoms with Crippen molar-refractivity contribution in [1.82, 2.24) is 15.2 Å². The Kier molecular flexibility index (Phi) is 6.26. The number of aromatic nitrogens is 1. The van der Waals surface area contributed by atoms with Crippen molar-refractivity contribution in [3.63, 3.8) is 0 Å². The second-order valence-corrected chi connectivity index (χ2v) is 7.33. The average Bonchev–Trinajstić information content (AvgIpc) is 3.08. The van der Waals surface area contributed by atoms with Crippen LogP contribution in [-0.2, 0) is 17.9 Å². The molecule has 0 radical (unpaired) electrons. The number of hydrogen-bond donors (Lipinski definition) is 1. The molecule has 1 heterocycles. The molecule has 0 saturated heterocycles. The Morgan fingerprint density at radius 2 is 1.93 bits per heavy atom. The first kappa shape index (κ1) is 19.1. The van der Waals surface area contributed by atoms with Crippen molar-refractivity contribution in [3.8, 4) is 11.5 Å². The number of likely N-dealkylation sites (N-methyl/N-ethyl adjacent to an activating group) is 1. The summed E-state index contributed by atoms with van der Waals surface area (Å²) in [7, 11) is 5.11. The van der Waals surface area contributed by atoms with Crippen LogP contribution in [0.3, 0.4) is 0 Å². The second kappa shape index (κ2) is 8.83. The van der Waals surface area contributed by atoms with Gasteiger partial charge in [0.25, 0.3) is 0 Å². The molecule has 142 valence electrons. The number of thiazole rings is 1. The van der Waals surface area contributed by atoms with Crippen LogP contribution in [0.5, 0.6) is 11.5 Å². The Bertz CT molecular complexity index is 893. The molecule has 0 aliphatic rings. The largest absolute Gasteiger partial charge is 0.493 e. The highest BCUT2D eigenvalue weighted by molar-refractivity contribution is 7.18. The smallest absolute Gasteiger partial charge is 0.234 e. The van der Waals surface area contributed by atoms with Gasteiger partial charge < -0.3 is 14.8 Å². The topological polar surface area (TPSA) is 63.7 Å². The van der Waals surface area contributed by atoms with E-state index >= 15 is 0 Å². The number of ether oxygens (including phenoxy) is 2. The minimum atomic E-state index is -0.0339. The van der Waals surface area contributed by atoms with E-state index in [-0.39, 0.29) is 5.91 Å². The van der Waals surface area contributed by atoms with Crippen LogP contribution in [0, 0.1) is 0 Å². The Hall–Kier alpha value is -2.64. The molecule has 7 heteroatoms. The molecular formula is C20H23N3O3S. The second-order valence-electron chi connectivity index (χ2n) is 6.21. The molecule has 0 bridgehead atoms. The highest BCUT2D eigenvalue weighted by atomic mass is 32.1. The predicted molar refractivity (Wildman–Crippen MR) is 107 cm³/mol. The van der Waals surface area contributed by atoms with Crippen molar-refractivity contribution >= 4 is 27.5 Å². The van der Waals surface area contributed by atoms with Crippen LogP contribution in [0.25, 0.3) is 10.2 Å². The van der Waals surface area contributed by atoms with Crippen molar-refractivity contribution in [2.75, 3.05) is 27.8 Å². The van der Waals surface area contributed by atoms with Gasteiger partial charge in [-0.15, -0.1) is 11.3 Å². The molecule has 0 fully saturated rings. The number of rotatable bonds is 8. The number of carbonyl (C=O) groups is 1. The number of benzene rings is 2. The Morgan fingerprint density at radius 3 is 2.67 bits per heavy atom. The van der Waals surface area contributed by atoms with E-state index in [1.54, 1.807) is 25.6 Å². The fourth-order valence-corrected chi connectivity index (χ4v) is 3.81. The summed E-state index contributed by atoms with van der Waals surface area (Å²) >= 11 is 1.66. The maximum Gasteiger partial charge on any atom is 0.234 e. The summed E-state index contributed by atoms with van der Waals surface area (Å²) < 4.78 is 11.7. The average molecular weight is 385 g/mol. The lowest BCUT2D eigenvalue weighted by Gasteiger charge is -2.15. The van der Waals surface area contributed by atoms with Crippen LogP contribution in [0.1, 0.15) is 10.6 Å². The summed E-state index contributed by atoms with van der Waals surface area (Å²) in [4.78, 5) is 18.8. The molecular weight excluding hydrogens is 362 g/mol. The minimum Gasteiger partial charge on any atom is -0.493 e. The third kappa shape index (κ3) is 4.96. The molecule has 0 unspecified atom stereocenters. The van der Waals surface area contributed by atoms with Gasteiger partial charge in [0.1, 0.15) is 5.01 Å². The van der Waals surface area contributed by atoms with E-state index in [2.05, 4.69) is 16.4 Å². The number of fused-ring (bicyclic) bond motifs is 1. The van der Waals surface area contributed by atoms with Crippen LogP contribution >= 0.6 is 11.3 Å². The fourth-order valence-electron chi connectivity index (χ4n) is 2.77. The number of methoxy groups -OCH3 is 2. The quantitative estimate of drug-likeness (QED) is 0.646. The summed E-state index contributed by atoms with van der Waals surface area (Å²) in [5.41, 5.74) is 1.96. The molecule has 3 rings (SSSR count). The van der Waals surface area contributed by atoms with Gasteiger partial charge in [-0.2, -0.15) is 0 Å². The fraction of sp³-hybridized carbons (Fsp3) is 0.300. The molecule has 6 nitrogen and oxygen atoms in total. The first-order valence-corrected chi connectivity index (χ1v) is 9.41. The predicted octanol–water partition coefficient (Wildman–Crippen LogP) is 3.06. The maximum absolute atomic E-state index is 12.2. The molecule has 3 aromatic rings. The van der Waals surface area contributed by atoms with E-state index in [1.807, 2.05) is 48.3 Å². The number of carbonyl (C=O) groups excluding carboxylic acids is 1. The lowest BCUT2D eigenvalue weighted by atomic mass is 10.2. The summed E-state index contributed by atoms with van der Waals surface area (Å²) in [6.45, 7) is 1.39. The van der Waals surface area contributed by atoms with Crippen LogP contribution in [0.2, 0.25) is 0 Å².